The van der Waals surface area contributed by atoms with Crippen LogP contribution in [0.15, 0.2) is 59.6 Å². The first-order chi connectivity index (χ1) is 14.4. The fourth-order valence-electron chi connectivity index (χ4n) is 3.58. The maximum atomic E-state index is 11.8. The average molecular weight is 559 g/mol. The Morgan fingerprint density at radius 3 is 2.19 bits per heavy atom. The fourth-order valence-corrected chi connectivity index (χ4v) is 4.35. The van der Waals surface area contributed by atoms with Gasteiger partial charge in [0.15, 0.2) is 5.96 Å². The Balaban J connectivity index is 0.00000480. The average Bonchev–Trinajstić information content (AvgIpc) is 2.77. The first-order valence-electron chi connectivity index (χ1n) is 10.4. The van der Waals surface area contributed by atoms with E-state index < -0.39 is 10.0 Å². The highest BCUT2D eigenvalue weighted by Gasteiger charge is 2.28. The van der Waals surface area contributed by atoms with Crippen molar-refractivity contribution >= 4 is 40.0 Å². The Hall–Kier alpha value is -1.65. The van der Waals surface area contributed by atoms with Crippen molar-refractivity contribution in [3.8, 4) is 0 Å². The molecule has 0 aliphatic heterocycles. The number of rotatable bonds is 10. The molecule has 0 atom stereocenters. The van der Waals surface area contributed by atoms with Crippen molar-refractivity contribution in [2.45, 2.75) is 44.4 Å². The van der Waals surface area contributed by atoms with E-state index in [1.54, 1.807) is 7.05 Å². The third-order valence-corrected chi connectivity index (χ3v) is 7.01. The number of nitrogens with zero attached hydrogens (tertiary/aromatic N) is 1. The van der Waals surface area contributed by atoms with E-state index in [0.29, 0.717) is 6.54 Å². The van der Waals surface area contributed by atoms with E-state index in [0.717, 1.165) is 36.5 Å². The third kappa shape index (κ3) is 8.08. The van der Waals surface area contributed by atoms with Gasteiger partial charge >= 0.3 is 0 Å². The molecule has 0 aliphatic rings. The molecule has 0 aromatic heterocycles. The van der Waals surface area contributed by atoms with Gasteiger partial charge in [0.2, 0.25) is 10.0 Å². The molecule has 8 heteroatoms. The summed E-state index contributed by atoms with van der Waals surface area (Å²) in [6.45, 7) is 5.78. The Bertz CT molecular complexity index is 930. The van der Waals surface area contributed by atoms with Gasteiger partial charge in [0, 0.05) is 25.6 Å². The van der Waals surface area contributed by atoms with Crippen LogP contribution in [0.4, 0.5) is 0 Å². The molecular formula is C23H35IN4O2S. The Morgan fingerprint density at radius 2 is 1.61 bits per heavy atom. The van der Waals surface area contributed by atoms with Crippen LogP contribution in [0.1, 0.15) is 43.4 Å². The van der Waals surface area contributed by atoms with Crippen LogP contribution in [0.3, 0.4) is 0 Å². The van der Waals surface area contributed by atoms with Crippen molar-refractivity contribution in [2.24, 2.45) is 4.99 Å². The van der Waals surface area contributed by atoms with Gasteiger partial charge in [-0.3, -0.25) is 4.99 Å². The highest BCUT2D eigenvalue weighted by molar-refractivity contribution is 14.0. The molecule has 6 nitrogen and oxygen atoms in total. The SMILES string of the molecule is CCC(CC)(CNC(=NC)NCc1cccc(CS(=O)(=O)NC)c1)c1ccccc1.I. The Kier molecular flexibility index (Phi) is 11.5. The van der Waals surface area contributed by atoms with Crippen molar-refractivity contribution in [3.63, 3.8) is 0 Å². The van der Waals surface area contributed by atoms with Gasteiger partial charge in [0.25, 0.3) is 0 Å². The number of guanidine groups is 1. The smallest absolute Gasteiger partial charge is 0.215 e. The van der Waals surface area contributed by atoms with Crippen LogP contribution in [0.25, 0.3) is 0 Å². The molecule has 2 aromatic carbocycles. The van der Waals surface area contributed by atoms with Crippen LogP contribution >= 0.6 is 24.0 Å². The fraction of sp³-hybridized carbons (Fsp3) is 0.435. The summed E-state index contributed by atoms with van der Waals surface area (Å²) in [5.74, 6) is 0.696. The van der Waals surface area contributed by atoms with E-state index in [1.807, 2.05) is 30.3 Å². The molecule has 0 heterocycles. The summed E-state index contributed by atoms with van der Waals surface area (Å²) in [5.41, 5.74) is 3.13. The standard InChI is InChI=1S/C23H34N4O2S.HI/c1-5-23(6-2,21-13-8-7-9-14-21)18-27-22(24-3)26-16-19-11-10-12-20(15-19)17-30(28,29)25-4;/h7-15,25H,5-6,16-18H2,1-4H3,(H2,24,26,27);1H. The first-order valence-corrected chi connectivity index (χ1v) is 12.0. The van der Waals surface area contributed by atoms with Crippen LogP contribution in [0.5, 0.6) is 0 Å². The molecule has 172 valence electrons. The number of sulfonamides is 1. The first kappa shape index (κ1) is 27.4. The van der Waals surface area contributed by atoms with Gasteiger partial charge in [-0.1, -0.05) is 68.4 Å². The summed E-state index contributed by atoms with van der Waals surface area (Å²) in [5, 5.41) is 6.81. The van der Waals surface area contributed by atoms with E-state index in [1.165, 1.54) is 12.6 Å². The molecule has 0 saturated heterocycles. The van der Waals surface area contributed by atoms with Gasteiger partial charge in [0.05, 0.1) is 5.75 Å². The molecule has 0 fully saturated rings. The van der Waals surface area contributed by atoms with Gasteiger partial charge in [0.1, 0.15) is 0 Å². The molecule has 0 spiro atoms. The lowest BCUT2D eigenvalue weighted by Crippen LogP contribution is -2.45. The molecule has 31 heavy (non-hydrogen) atoms. The quantitative estimate of drug-likeness (QED) is 0.236. The van der Waals surface area contributed by atoms with Crippen LogP contribution in [-0.2, 0) is 27.7 Å². The van der Waals surface area contributed by atoms with Gasteiger partial charge in [-0.2, -0.15) is 0 Å². The molecule has 0 saturated carbocycles. The lowest BCUT2D eigenvalue weighted by Gasteiger charge is -2.33. The summed E-state index contributed by atoms with van der Waals surface area (Å²) < 4.78 is 25.9. The molecule has 0 aliphatic carbocycles. The number of halogens is 1. The van der Waals surface area contributed by atoms with Crippen molar-refractivity contribution in [2.75, 3.05) is 20.6 Å². The Morgan fingerprint density at radius 1 is 0.968 bits per heavy atom. The summed E-state index contributed by atoms with van der Waals surface area (Å²) >= 11 is 0. The highest BCUT2D eigenvalue weighted by Crippen LogP contribution is 2.30. The van der Waals surface area contributed by atoms with Crippen molar-refractivity contribution in [1.29, 1.82) is 0 Å². The second kappa shape index (κ2) is 13.0. The molecular weight excluding hydrogens is 523 g/mol. The Labute approximate surface area is 204 Å². The van der Waals surface area contributed by atoms with Crippen LogP contribution in [-0.4, -0.2) is 35.0 Å². The van der Waals surface area contributed by atoms with Gasteiger partial charge in [-0.25, -0.2) is 13.1 Å². The molecule has 0 bridgehead atoms. The largest absolute Gasteiger partial charge is 0.356 e. The number of aliphatic imine (C=N–C) groups is 1. The summed E-state index contributed by atoms with van der Waals surface area (Å²) in [7, 11) is -0.103. The number of nitrogens with one attached hydrogen (secondary N) is 3. The highest BCUT2D eigenvalue weighted by atomic mass is 127. The zero-order valence-electron chi connectivity index (χ0n) is 18.8. The lowest BCUT2D eigenvalue weighted by atomic mass is 9.76. The molecule has 0 unspecified atom stereocenters. The van der Waals surface area contributed by atoms with Crippen molar-refractivity contribution in [3.05, 3.63) is 71.3 Å². The van der Waals surface area contributed by atoms with Gasteiger partial charge in [-0.05, 0) is 36.6 Å². The van der Waals surface area contributed by atoms with E-state index in [9.17, 15) is 8.42 Å². The number of hydrogen-bond donors (Lipinski definition) is 3. The minimum atomic E-state index is -3.29. The zero-order valence-corrected chi connectivity index (χ0v) is 22.0. The summed E-state index contributed by atoms with van der Waals surface area (Å²) in [4.78, 5) is 4.35. The molecule has 2 aromatic rings. The predicted octanol–water partition coefficient (Wildman–Crippen LogP) is 3.78. The molecule has 0 radical (unpaired) electrons. The minimum absolute atomic E-state index is 0. The van der Waals surface area contributed by atoms with Crippen LogP contribution in [0.2, 0.25) is 0 Å². The van der Waals surface area contributed by atoms with Crippen LogP contribution in [0, 0.1) is 0 Å². The topological polar surface area (TPSA) is 82.6 Å². The van der Waals surface area contributed by atoms with Crippen molar-refractivity contribution < 1.29 is 8.42 Å². The molecule has 3 N–H and O–H groups in total. The van der Waals surface area contributed by atoms with Crippen molar-refractivity contribution in [1.82, 2.24) is 15.4 Å². The van der Waals surface area contributed by atoms with Gasteiger partial charge in [-0.15, -0.1) is 24.0 Å². The summed E-state index contributed by atoms with van der Waals surface area (Å²) in [6.07, 6.45) is 2.05. The van der Waals surface area contributed by atoms with E-state index in [-0.39, 0.29) is 35.1 Å². The number of hydrogen-bond acceptors (Lipinski definition) is 3. The minimum Gasteiger partial charge on any atom is -0.356 e. The second-order valence-corrected chi connectivity index (χ2v) is 9.34. The normalized spacial score (nSPS) is 12.2. The van der Waals surface area contributed by atoms with E-state index in [2.05, 4.69) is 58.5 Å². The molecule has 2 rings (SSSR count). The molecule has 0 amide bonds. The van der Waals surface area contributed by atoms with Gasteiger partial charge < -0.3 is 10.6 Å². The zero-order chi connectivity index (χ0) is 22.0. The maximum Gasteiger partial charge on any atom is 0.215 e. The van der Waals surface area contributed by atoms with E-state index in [4.69, 9.17) is 0 Å². The summed E-state index contributed by atoms with van der Waals surface area (Å²) in [6, 6.07) is 18.2. The van der Waals surface area contributed by atoms with Crippen LogP contribution < -0.4 is 15.4 Å². The lowest BCUT2D eigenvalue weighted by molar-refractivity contribution is 0.389. The van der Waals surface area contributed by atoms with E-state index >= 15 is 0 Å². The second-order valence-electron chi connectivity index (χ2n) is 7.42. The number of benzene rings is 2. The predicted molar refractivity (Wildman–Crippen MR) is 140 cm³/mol. The maximum absolute atomic E-state index is 11.8. The third-order valence-electron chi connectivity index (χ3n) is 5.68. The monoisotopic (exact) mass is 558 g/mol.